The molecular weight excluding hydrogens is 180 g/mol. The molecule has 2 rings (SSSR count). The molecule has 1 fully saturated rings. The quantitative estimate of drug-likeness (QED) is 0.741. The van der Waals surface area contributed by atoms with Gasteiger partial charge in [-0.1, -0.05) is 5.57 Å². The highest BCUT2D eigenvalue weighted by Crippen LogP contribution is 2.20. The summed E-state index contributed by atoms with van der Waals surface area (Å²) in [7, 11) is 0. The highest BCUT2D eigenvalue weighted by Gasteiger charge is 2.07. The molecule has 1 saturated heterocycles. The normalized spacial score (nSPS) is 20.0. The third kappa shape index (κ3) is 1.98. The fourth-order valence-corrected chi connectivity index (χ4v) is 2.36. The van der Waals surface area contributed by atoms with Gasteiger partial charge in [-0.25, -0.2) is 4.98 Å². The highest BCUT2D eigenvalue weighted by molar-refractivity contribution is 7.12. The first-order chi connectivity index (χ1) is 6.25. The minimum Gasteiger partial charge on any atom is -0.313 e. The van der Waals surface area contributed by atoms with E-state index < -0.39 is 0 Å². The molecule has 0 spiro atoms. The van der Waals surface area contributed by atoms with Gasteiger partial charge in [-0.3, -0.25) is 0 Å². The van der Waals surface area contributed by atoms with Crippen LogP contribution in [0, 0.1) is 13.8 Å². The molecule has 13 heavy (non-hydrogen) atoms. The molecule has 2 nitrogen and oxygen atoms in total. The molecule has 0 unspecified atom stereocenters. The summed E-state index contributed by atoms with van der Waals surface area (Å²) in [4.78, 5) is 5.82. The van der Waals surface area contributed by atoms with E-state index in [0.717, 1.165) is 18.1 Å². The zero-order valence-corrected chi connectivity index (χ0v) is 8.87. The third-order valence-electron chi connectivity index (χ3n) is 2.35. The van der Waals surface area contributed by atoms with Crippen molar-refractivity contribution in [3.63, 3.8) is 0 Å². The van der Waals surface area contributed by atoms with Crippen molar-refractivity contribution in [1.82, 2.24) is 10.3 Å². The van der Waals surface area contributed by atoms with E-state index in [2.05, 4.69) is 30.2 Å². The summed E-state index contributed by atoms with van der Waals surface area (Å²) in [6.45, 7) is 6.36. The van der Waals surface area contributed by atoms with Gasteiger partial charge in [-0.2, -0.15) is 0 Å². The van der Waals surface area contributed by atoms with Gasteiger partial charge in [0.2, 0.25) is 0 Å². The molecule has 0 radical (unpaired) electrons. The van der Waals surface area contributed by atoms with E-state index in [1.54, 1.807) is 11.3 Å². The number of aryl methyl sites for hydroxylation is 2. The molecule has 0 aliphatic carbocycles. The van der Waals surface area contributed by atoms with E-state index >= 15 is 0 Å². The lowest BCUT2D eigenvalue weighted by atomic mass is 10.2. The van der Waals surface area contributed by atoms with E-state index in [1.165, 1.54) is 22.6 Å². The molecule has 0 aromatic carbocycles. The van der Waals surface area contributed by atoms with Crippen molar-refractivity contribution >= 4 is 17.4 Å². The Morgan fingerprint density at radius 3 is 2.85 bits per heavy atom. The van der Waals surface area contributed by atoms with Crippen LogP contribution in [0.1, 0.15) is 22.0 Å². The van der Waals surface area contributed by atoms with Crippen LogP contribution in [-0.2, 0) is 0 Å². The first kappa shape index (κ1) is 8.91. The van der Waals surface area contributed by atoms with Gasteiger partial charge in [0, 0.05) is 11.4 Å². The molecule has 0 saturated carbocycles. The van der Waals surface area contributed by atoms with E-state index in [1.807, 2.05) is 0 Å². The van der Waals surface area contributed by atoms with Crippen LogP contribution >= 0.6 is 11.3 Å². The summed E-state index contributed by atoms with van der Waals surface area (Å²) in [6.07, 6.45) is 3.41. The number of rotatable bonds is 1. The van der Waals surface area contributed by atoms with E-state index in [0.29, 0.717) is 0 Å². The monoisotopic (exact) mass is 194 g/mol. The largest absolute Gasteiger partial charge is 0.313 e. The Bertz CT molecular complexity index is 311. The van der Waals surface area contributed by atoms with Gasteiger partial charge in [-0.05, 0) is 32.9 Å². The SMILES string of the molecule is Cc1nc(C=C2CCNC2)sc1C. The lowest BCUT2D eigenvalue weighted by Crippen LogP contribution is -2.04. The van der Waals surface area contributed by atoms with Crippen molar-refractivity contribution in [3.8, 4) is 0 Å². The number of hydrogen-bond donors (Lipinski definition) is 1. The smallest absolute Gasteiger partial charge is 0.116 e. The molecular formula is C10H14N2S. The molecule has 70 valence electrons. The van der Waals surface area contributed by atoms with E-state index in [-0.39, 0.29) is 0 Å². The van der Waals surface area contributed by atoms with E-state index in [4.69, 9.17) is 0 Å². The molecule has 1 aromatic heterocycles. The lowest BCUT2D eigenvalue weighted by Gasteiger charge is -1.90. The van der Waals surface area contributed by atoms with Crippen LogP contribution in [0.4, 0.5) is 0 Å². The number of thiazole rings is 1. The number of nitrogens with one attached hydrogen (secondary N) is 1. The fourth-order valence-electron chi connectivity index (χ4n) is 1.44. The Labute approximate surface area is 82.7 Å². The molecule has 0 atom stereocenters. The van der Waals surface area contributed by atoms with Gasteiger partial charge in [-0.15, -0.1) is 11.3 Å². The Morgan fingerprint density at radius 1 is 1.46 bits per heavy atom. The maximum Gasteiger partial charge on any atom is 0.116 e. The summed E-state index contributed by atoms with van der Waals surface area (Å²) in [5, 5.41) is 4.48. The van der Waals surface area contributed by atoms with Crippen LogP contribution < -0.4 is 5.32 Å². The zero-order valence-electron chi connectivity index (χ0n) is 8.05. The molecule has 0 amide bonds. The van der Waals surface area contributed by atoms with Gasteiger partial charge in [0.25, 0.3) is 0 Å². The summed E-state index contributed by atoms with van der Waals surface area (Å²) in [5.74, 6) is 0. The summed E-state index contributed by atoms with van der Waals surface area (Å²) < 4.78 is 0. The van der Waals surface area contributed by atoms with Gasteiger partial charge < -0.3 is 5.32 Å². The van der Waals surface area contributed by atoms with Crippen LogP contribution in [0.3, 0.4) is 0 Å². The fraction of sp³-hybridized carbons (Fsp3) is 0.500. The molecule has 2 heterocycles. The number of hydrogen-bond acceptors (Lipinski definition) is 3. The minimum atomic E-state index is 1.04. The first-order valence-electron chi connectivity index (χ1n) is 4.60. The number of aromatic nitrogens is 1. The highest BCUT2D eigenvalue weighted by atomic mass is 32.1. The molecule has 1 aromatic rings. The van der Waals surface area contributed by atoms with Crippen LogP contribution in [0.25, 0.3) is 6.08 Å². The van der Waals surface area contributed by atoms with Crippen molar-refractivity contribution in [2.75, 3.05) is 13.1 Å². The van der Waals surface area contributed by atoms with E-state index in [9.17, 15) is 0 Å². The minimum absolute atomic E-state index is 1.04. The average molecular weight is 194 g/mol. The average Bonchev–Trinajstić information content (AvgIpc) is 2.64. The second kappa shape index (κ2) is 3.60. The van der Waals surface area contributed by atoms with Crippen molar-refractivity contribution in [2.24, 2.45) is 0 Å². The second-order valence-electron chi connectivity index (χ2n) is 3.42. The molecule has 1 N–H and O–H groups in total. The predicted octanol–water partition coefficient (Wildman–Crippen LogP) is 2.14. The first-order valence-corrected chi connectivity index (χ1v) is 5.41. The Morgan fingerprint density at radius 2 is 2.31 bits per heavy atom. The third-order valence-corrected chi connectivity index (χ3v) is 3.37. The van der Waals surface area contributed by atoms with Crippen LogP contribution in [0.5, 0.6) is 0 Å². The number of nitrogens with zero attached hydrogens (tertiary/aromatic N) is 1. The molecule has 1 aliphatic rings. The Hall–Kier alpha value is -0.670. The second-order valence-corrected chi connectivity index (χ2v) is 4.66. The van der Waals surface area contributed by atoms with Gasteiger partial charge in [0.05, 0.1) is 5.69 Å². The Kier molecular flexibility index (Phi) is 2.47. The van der Waals surface area contributed by atoms with Crippen LogP contribution in [0.15, 0.2) is 5.57 Å². The molecule has 3 heteroatoms. The van der Waals surface area contributed by atoms with Crippen molar-refractivity contribution in [3.05, 3.63) is 21.2 Å². The van der Waals surface area contributed by atoms with Crippen LogP contribution in [-0.4, -0.2) is 18.1 Å². The zero-order chi connectivity index (χ0) is 9.26. The van der Waals surface area contributed by atoms with Crippen molar-refractivity contribution in [1.29, 1.82) is 0 Å². The van der Waals surface area contributed by atoms with Gasteiger partial charge in [0.1, 0.15) is 5.01 Å². The predicted molar refractivity (Wildman–Crippen MR) is 57.1 cm³/mol. The van der Waals surface area contributed by atoms with Gasteiger partial charge >= 0.3 is 0 Å². The van der Waals surface area contributed by atoms with Crippen molar-refractivity contribution < 1.29 is 0 Å². The summed E-state index contributed by atoms with van der Waals surface area (Å²) in [5.41, 5.74) is 2.65. The van der Waals surface area contributed by atoms with Crippen LogP contribution in [0.2, 0.25) is 0 Å². The van der Waals surface area contributed by atoms with Gasteiger partial charge in [0.15, 0.2) is 0 Å². The summed E-state index contributed by atoms with van der Waals surface area (Å²) >= 11 is 1.79. The summed E-state index contributed by atoms with van der Waals surface area (Å²) in [6, 6.07) is 0. The standard InChI is InChI=1S/C10H14N2S/c1-7-8(2)13-10(12-7)5-9-3-4-11-6-9/h5,11H,3-4,6H2,1-2H3. The topological polar surface area (TPSA) is 24.9 Å². The Balaban J connectivity index is 2.21. The maximum atomic E-state index is 4.49. The lowest BCUT2D eigenvalue weighted by molar-refractivity contribution is 0.862. The van der Waals surface area contributed by atoms with Crippen molar-refractivity contribution in [2.45, 2.75) is 20.3 Å². The molecule has 1 aliphatic heterocycles. The maximum absolute atomic E-state index is 4.49. The molecule has 0 bridgehead atoms.